The third-order valence-corrected chi connectivity index (χ3v) is 11.2. The van der Waals surface area contributed by atoms with Gasteiger partial charge < -0.3 is 20.8 Å². The van der Waals surface area contributed by atoms with E-state index in [4.69, 9.17) is 5.11 Å². The smallest absolute Gasteiger partial charge is 0.335 e. The van der Waals surface area contributed by atoms with Crippen molar-refractivity contribution in [2.75, 3.05) is 10.6 Å². The van der Waals surface area contributed by atoms with Crippen molar-refractivity contribution in [3.8, 4) is 0 Å². The summed E-state index contributed by atoms with van der Waals surface area (Å²) in [6.07, 6.45) is 3.64. The first-order chi connectivity index (χ1) is 24.3. The lowest BCUT2D eigenvalue weighted by molar-refractivity contribution is -0.143. The van der Waals surface area contributed by atoms with Crippen LogP contribution in [0.15, 0.2) is 100 Å². The lowest BCUT2D eigenvalue weighted by atomic mass is 9.79. The number of benzene rings is 4. The number of anilines is 2. The van der Waals surface area contributed by atoms with Crippen molar-refractivity contribution >= 4 is 61.1 Å². The van der Waals surface area contributed by atoms with E-state index in [1.54, 1.807) is 61.5 Å². The molecule has 0 bridgehead atoms. The number of aromatic carboxylic acids is 1. The largest absolute Gasteiger partial charge is 0.481 e. The van der Waals surface area contributed by atoms with Crippen molar-refractivity contribution in [1.29, 1.82) is 0 Å². The average molecular weight is 777 g/mol. The van der Waals surface area contributed by atoms with Gasteiger partial charge in [-0.1, -0.05) is 46.3 Å². The second-order valence-electron chi connectivity index (χ2n) is 12.7. The number of carbonyl (C=O) groups is 4. The Hall–Kier alpha value is -4.85. The number of carboxylic acid groups (broad SMARTS) is 2. The molecule has 0 heterocycles. The van der Waals surface area contributed by atoms with Crippen molar-refractivity contribution in [3.05, 3.63) is 123 Å². The predicted molar refractivity (Wildman–Crippen MR) is 197 cm³/mol. The van der Waals surface area contributed by atoms with Crippen LogP contribution in [0.4, 0.5) is 11.4 Å². The molecule has 2 amide bonds. The number of aliphatic carboxylic acids is 1. The highest BCUT2D eigenvalue weighted by Gasteiger charge is 2.31. The number of halogens is 1. The number of rotatable bonds is 13. The Morgan fingerprint density at radius 3 is 2.00 bits per heavy atom. The highest BCUT2D eigenvalue weighted by atomic mass is 79.9. The second kappa shape index (κ2) is 16.4. The molecule has 0 spiro atoms. The molecule has 1 unspecified atom stereocenters. The Morgan fingerprint density at radius 1 is 0.765 bits per heavy atom. The van der Waals surface area contributed by atoms with E-state index in [0.717, 1.165) is 17.5 Å². The second-order valence-corrected chi connectivity index (χ2v) is 15.3. The van der Waals surface area contributed by atoms with Crippen LogP contribution in [-0.2, 0) is 27.7 Å². The Kier molecular flexibility index (Phi) is 12.1. The Balaban J connectivity index is 1.21. The minimum absolute atomic E-state index is 0.00129. The van der Waals surface area contributed by atoms with Gasteiger partial charge in [-0.2, -0.15) is 0 Å². The number of sulfonamides is 1. The lowest BCUT2D eigenvalue weighted by Crippen LogP contribution is -2.40. The van der Waals surface area contributed by atoms with Crippen LogP contribution < -0.4 is 15.4 Å². The molecule has 11 nitrogen and oxygen atoms in total. The molecule has 1 fully saturated rings. The third-order valence-electron chi connectivity index (χ3n) is 9.17. The maximum Gasteiger partial charge on any atom is 0.335 e. The van der Waals surface area contributed by atoms with Crippen LogP contribution in [0.5, 0.6) is 0 Å². The van der Waals surface area contributed by atoms with Crippen LogP contribution in [0.3, 0.4) is 0 Å². The van der Waals surface area contributed by atoms with Crippen molar-refractivity contribution in [2.24, 2.45) is 11.8 Å². The third kappa shape index (κ3) is 9.90. The minimum Gasteiger partial charge on any atom is -0.481 e. The van der Waals surface area contributed by atoms with Gasteiger partial charge in [0.1, 0.15) is 0 Å². The maximum absolute atomic E-state index is 13.4. The molecule has 4 aromatic carbocycles. The van der Waals surface area contributed by atoms with Gasteiger partial charge in [0.2, 0.25) is 10.0 Å². The minimum atomic E-state index is -3.99. The molecule has 0 aromatic heterocycles. The highest BCUT2D eigenvalue weighted by Crippen LogP contribution is 2.32. The number of aryl methyl sites for hydroxylation is 2. The molecule has 0 aliphatic heterocycles. The fraction of sp³-hybridized carbons (Fsp3) is 0.263. The monoisotopic (exact) mass is 775 g/mol. The van der Waals surface area contributed by atoms with Crippen LogP contribution in [0.25, 0.3) is 0 Å². The number of hydrogen-bond donors (Lipinski definition) is 5. The van der Waals surface area contributed by atoms with Gasteiger partial charge in [0.15, 0.2) is 0 Å². The van der Waals surface area contributed by atoms with Crippen LogP contribution >= 0.6 is 15.9 Å². The average Bonchev–Trinajstić information content (AvgIpc) is 3.12. The van der Waals surface area contributed by atoms with Gasteiger partial charge in [0.05, 0.1) is 27.6 Å². The number of carbonyl (C=O) groups excluding carboxylic acids is 2. The fourth-order valence-electron chi connectivity index (χ4n) is 6.14. The van der Waals surface area contributed by atoms with Gasteiger partial charge in [-0.05, 0) is 123 Å². The van der Waals surface area contributed by atoms with E-state index in [1.807, 2.05) is 12.1 Å². The molecule has 5 N–H and O–H groups in total. The first-order valence-corrected chi connectivity index (χ1v) is 18.8. The van der Waals surface area contributed by atoms with Crippen molar-refractivity contribution in [2.45, 2.75) is 56.4 Å². The first-order valence-electron chi connectivity index (χ1n) is 16.5. The summed E-state index contributed by atoms with van der Waals surface area (Å²) in [5.41, 5.74) is 3.31. The van der Waals surface area contributed by atoms with E-state index in [1.165, 1.54) is 24.3 Å². The van der Waals surface area contributed by atoms with Crippen LogP contribution in [0.2, 0.25) is 0 Å². The molecule has 266 valence electrons. The first kappa shape index (κ1) is 37.4. The quantitative estimate of drug-likeness (QED) is 0.0964. The van der Waals surface area contributed by atoms with E-state index in [0.29, 0.717) is 42.3 Å². The Labute approximate surface area is 304 Å². The van der Waals surface area contributed by atoms with Crippen molar-refractivity contribution in [3.63, 3.8) is 0 Å². The van der Waals surface area contributed by atoms with E-state index in [2.05, 4.69) is 31.3 Å². The van der Waals surface area contributed by atoms with Crippen LogP contribution in [0, 0.1) is 11.8 Å². The van der Waals surface area contributed by atoms with E-state index in [9.17, 15) is 32.7 Å². The summed E-state index contributed by atoms with van der Waals surface area (Å²) in [6, 6.07) is 24.1. The summed E-state index contributed by atoms with van der Waals surface area (Å²) in [5.74, 6) is -3.27. The summed E-state index contributed by atoms with van der Waals surface area (Å²) >= 11 is 3.39. The summed E-state index contributed by atoms with van der Waals surface area (Å²) in [5, 5.41) is 23.9. The molecule has 0 saturated heterocycles. The fourth-order valence-corrected chi connectivity index (χ4v) is 7.86. The van der Waals surface area contributed by atoms with Crippen molar-refractivity contribution < 1.29 is 37.8 Å². The van der Waals surface area contributed by atoms with Crippen LogP contribution in [-0.4, -0.2) is 48.4 Å². The number of nitrogens with one attached hydrogen (secondary N) is 3. The molecule has 5 rings (SSSR count). The standard InChI is InChI=1S/C38H38BrN3O8S/c1-23(26-13-15-28(16-14-26)38(47)48)42-51(49,50)32-4-2-3-29(21-32)35(43)41-34-20-17-30(39)22-33(34)36(44)40-31-18-9-25(10-19-31)6-5-24-7-11-27(12-8-24)37(45)46/h2-4,7-12,17-23,26,28,42H,5-6,13-16H2,1H3,(H,40,44)(H,41,43)(H,45,46)(H,47,48). The topological polar surface area (TPSA) is 179 Å². The van der Waals surface area contributed by atoms with E-state index < -0.39 is 45.7 Å². The number of amides is 2. The normalized spacial score (nSPS) is 16.5. The molecular formula is C38H38BrN3O8S. The predicted octanol–water partition coefficient (Wildman–Crippen LogP) is 6.99. The summed E-state index contributed by atoms with van der Waals surface area (Å²) in [4.78, 5) is 49.1. The van der Waals surface area contributed by atoms with E-state index >= 15 is 0 Å². The van der Waals surface area contributed by atoms with Gasteiger partial charge in [0.25, 0.3) is 11.8 Å². The molecule has 4 aromatic rings. The SMILES string of the molecule is CC(NS(=O)(=O)c1cccc(C(=O)Nc2ccc(Br)cc2C(=O)Nc2ccc(CCc3ccc(C(=O)O)cc3)cc2)c1)C1CCC(C(=O)O)CC1. The van der Waals surface area contributed by atoms with Gasteiger partial charge >= 0.3 is 11.9 Å². The zero-order chi connectivity index (χ0) is 36.7. The molecule has 51 heavy (non-hydrogen) atoms. The molecule has 0 radical (unpaired) electrons. The Morgan fingerprint density at radius 2 is 1.39 bits per heavy atom. The molecule has 13 heteroatoms. The van der Waals surface area contributed by atoms with Crippen LogP contribution in [0.1, 0.15) is 74.8 Å². The maximum atomic E-state index is 13.4. The summed E-state index contributed by atoms with van der Waals surface area (Å²) < 4.78 is 29.9. The van der Waals surface area contributed by atoms with Gasteiger partial charge in [-0.3, -0.25) is 14.4 Å². The van der Waals surface area contributed by atoms with E-state index in [-0.39, 0.29) is 33.2 Å². The molecule has 1 aliphatic carbocycles. The van der Waals surface area contributed by atoms with Gasteiger partial charge in [-0.25, -0.2) is 17.9 Å². The molecular weight excluding hydrogens is 738 g/mol. The highest BCUT2D eigenvalue weighted by molar-refractivity contribution is 9.10. The van der Waals surface area contributed by atoms with Gasteiger partial charge in [0, 0.05) is 21.8 Å². The zero-order valence-corrected chi connectivity index (χ0v) is 30.2. The summed E-state index contributed by atoms with van der Waals surface area (Å²) in [6.45, 7) is 1.76. The number of hydrogen-bond acceptors (Lipinski definition) is 6. The Bertz CT molecular complexity index is 2030. The summed E-state index contributed by atoms with van der Waals surface area (Å²) in [7, 11) is -3.99. The molecule has 1 saturated carbocycles. The molecule has 1 aliphatic rings. The zero-order valence-electron chi connectivity index (χ0n) is 27.8. The number of carboxylic acids is 2. The van der Waals surface area contributed by atoms with Gasteiger partial charge in [-0.15, -0.1) is 0 Å². The molecule has 1 atom stereocenters. The van der Waals surface area contributed by atoms with Crippen molar-refractivity contribution in [1.82, 2.24) is 4.72 Å². The lowest BCUT2D eigenvalue weighted by Gasteiger charge is -2.30.